The molecule has 0 fully saturated rings. The molecule has 0 saturated carbocycles. The largest absolute Gasteiger partial charge is 0.507 e. The Bertz CT molecular complexity index is 2680. The Labute approximate surface area is 448 Å². The van der Waals surface area contributed by atoms with Crippen molar-refractivity contribution in [3.05, 3.63) is 93.0 Å². The summed E-state index contributed by atoms with van der Waals surface area (Å²) in [7, 11) is -20.1. The number of benzene rings is 4. The highest BCUT2D eigenvalue weighted by Crippen LogP contribution is 2.42. The molecule has 0 spiro atoms. The van der Waals surface area contributed by atoms with Gasteiger partial charge in [-0.15, -0.1) is 0 Å². The van der Waals surface area contributed by atoms with Crippen LogP contribution in [0.3, 0.4) is 0 Å². The van der Waals surface area contributed by atoms with Crippen LogP contribution >= 0.6 is 25.3 Å². The van der Waals surface area contributed by atoms with Gasteiger partial charge in [0.05, 0.1) is 32.8 Å². The van der Waals surface area contributed by atoms with Gasteiger partial charge < -0.3 is 19.7 Å². The molecule has 16 nitrogen and oxygen atoms in total. The van der Waals surface area contributed by atoms with Crippen LogP contribution in [0.4, 0.5) is 0 Å². The molecule has 74 heavy (non-hydrogen) atoms. The molecule has 0 amide bonds. The molecule has 8 bridgehead atoms. The van der Waals surface area contributed by atoms with Crippen LogP contribution in [0.5, 0.6) is 23.0 Å². The standard InChI is InChI=1S/C52H72O16S6/c53-49-37-25-41-33-47(73(61,62)63)34-42(51(41)67-21-17-13-9-5-1-3-7-11-15-19-23-69)26-38-30-46(72(58,59)60)32-40(50(38)54)28-44-36-48(74(64,65)66)35-43(27-39(49)31-45(29-37)71(55,56)57)52(44)68-22-18-14-10-6-2-4-8-12-16-20-24-70/h29-36,53-54,69-70H,1-28H2,(H,55,56,57)(H,58,59,60)(H,61,62,63)(H,64,65,66). The van der Waals surface area contributed by atoms with E-state index in [1.165, 1.54) is 0 Å². The summed E-state index contributed by atoms with van der Waals surface area (Å²) >= 11 is 8.53. The first-order chi connectivity index (χ1) is 35.0. The Morgan fingerprint density at radius 3 is 0.716 bits per heavy atom. The fourth-order valence-corrected chi connectivity index (χ4v) is 12.1. The van der Waals surface area contributed by atoms with E-state index in [9.17, 15) is 62.1 Å². The summed E-state index contributed by atoms with van der Waals surface area (Å²) in [6, 6.07) is 8.12. The van der Waals surface area contributed by atoms with Gasteiger partial charge in [-0.05, 0) is 85.7 Å². The van der Waals surface area contributed by atoms with Crippen molar-refractivity contribution >= 4 is 65.7 Å². The third-order valence-corrected chi connectivity index (χ3v) is 17.2. The highest BCUT2D eigenvalue weighted by Gasteiger charge is 2.28. The molecule has 0 saturated heterocycles. The van der Waals surface area contributed by atoms with E-state index in [-0.39, 0.29) is 69.2 Å². The summed E-state index contributed by atoms with van der Waals surface area (Å²) in [4.78, 5) is -2.70. The quantitative estimate of drug-likeness (QED) is 0.0121. The molecule has 0 radical (unpaired) electrons. The van der Waals surface area contributed by atoms with Gasteiger partial charge in [0.2, 0.25) is 0 Å². The normalized spacial score (nSPS) is 13.3. The van der Waals surface area contributed by atoms with E-state index < -0.39 is 97.2 Å². The number of hydrogen-bond acceptors (Lipinski definition) is 14. The SMILES string of the molecule is O=S(=O)(O)c1cc2c(O)c(c1)Cc1cc(S(=O)(=O)O)cc(c1OCCCCCCCCCCCCS)Cc1cc(S(=O)(=O)O)cc(c1O)Cc1cc(S(=O)(=O)O)cc(c1OCCCCCCCCCCCCS)C2. The summed E-state index contributed by atoms with van der Waals surface area (Å²) in [6.07, 6.45) is 17.8. The van der Waals surface area contributed by atoms with Gasteiger partial charge in [-0.2, -0.15) is 58.9 Å². The summed E-state index contributed by atoms with van der Waals surface area (Å²) in [5.41, 5.74) is -0.762. The lowest BCUT2D eigenvalue weighted by Gasteiger charge is -2.22. The minimum Gasteiger partial charge on any atom is -0.507 e. The first-order valence-electron chi connectivity index (χ1n) is 25.4. The van der Waals surface area contributed by atoms with Crippen LogP contribution in [0.25, 0.3) is 0 Å². The third kappa shape index (κ3) is 18.9. The van der Waals surface area contributed by atoms with E-state index in [0.29, 0.717) is 12.8 Å². The number of hydrogen-bond donors (Lipinski definition) is 8. The summed E-state index contributed by atoms with van der Waals surface area (Å²) in [6.45, 7) is 0.147. The molecular formula is C52H72O16S6. The van der Waals surface area contributed by atoms with Crippen molar-refractivity contribution in [2.45, 2.75) is 174 Å². The Morgan fingerprint density at radius 2 is 0.514 bits per heavy atom. The number of unbranched alkanes of at least 4 members (excludes halogenated alkanes) is 18. The monoisotopic (exact) mass is 1140 g/mol. The first kappa shape index (κ1) is 61.3. The van der Waals surface area contributed by atoms with Crippen molar-refractivity contribution in [3.8, 4) is 23.0 Å². The van der Waals surface area contributed by atoms with Crippen molar-refractivity contribution in [2.24, 2.45) is 0 Å². The number of rotatable bonds is 30. The average Bonchev–Trinajstić information content (AvgIpc) is 3.31. The summed E-state index contributed by atoms with van der Waals surface area (Å²) in [5, 5.41) is 24.1. The van der Waals surface area contributed by atoms with E-state index in [2.05, 4.69) is 25.3 Å². The molecule has 22 heteroatoms. The Hall–Kier alpha value is -3.58. The van der Waals surface area contributed by atoms with Gasteiger partial charge in [0.15, 0.2) is 0 Å². The fourth-order valence-electron chi connectivity index (χ4n) is 9.36. The molecule has 412 valence electrons. The second-order valence-electron chi connectivity index (χ2n) is 19.1. The van der Waals surface area contributed by atoms with Gasteiger partial charge in [-0.1, -0.05) is 103 Å². The van der Waals surface area contributed by atoms with Gasteiger partial charge in [-0.25, -0.2) is 0 Å². The fraction of sp³-hybridized carbons (Fsp3) is 0.538. The number of phenols is 2. The highest BCUT2D eigenvalue weighted by molar-refractivity contribution is 7.86. The van der Waals surface area contributed by atoms with Crippen LogP contribution in [0.1, 0.15) is 173 Å². The minimum absolute atomic E-state index is 0.000683. The zero-order valence-corrected chi connectivity index (χ0v) is 46.8. The number of phenolic OH excluding ortho intramolecular Hbond substituents is 2. The Kier molecular flexibility index (Phi) is 23.8. The average molecular weight is 1150 g/mol. The number of ether oxygens (including phenoxy) is 2. The maximum atomic E-state index is 12.9. The Morgan fingerprint density at radius 1 is 0.324 bits per heavy atom. The van der Waals surface area contributed by atoms with Crippen molar-refractivity contribution < 1.29 is 71.6 Å². The van der Waals surface area contributed by atoms with Gasteiger partial charge in [0.1, 0.15) is 23.0 Å². The second kappa shape index (κ2) is 28.7. The maximum absolute atomic E-state index is 12.9. The molecule has 0 aromatic heterocycles. The zero-order chi connectivity index (χ0) is 54.1. The van der Waals surface area contributed by atoms with Crippen LogP contribution in [-0.4, -0.2) is 86.8 Å². The molecule has 4 aromatic rings. The lowest BCUT2D eigenvalue weighted by atomic mass is 9.91. The van der Waals surface area contributed by atoms with Crippen molar-refractivity contribution in [1.82, 2.24) is 0 Å². The smallest absolute Gasteiger partial charge is 0.294 e. The Balaban J connectivity index is 1.63. The molecule has 6 N–H and O–H groups in total. The van der Waals surface area contributed by atoms with Crippen molar-refractivity contribution in [3.63, 3.8) is 0 Å². The van der Waals surface area contributed by atoms with E-state index in [0.717, 1.165) is 176 Å². The summed E-state index contributed by atoms with van der Waals surface area (Å²) in [5.74, 6) is 0.674. The van der Waals surface area contributed by atoms with E-state index >= 15 is 0 Å². The molecule has 5 rings (SSSR count). The van der Waals surface area contributed by atoms with Gasteiger partial charge in [0.25, 0.3) is 40.5 Å². The van der Waals surface area contributed by atoms with E-state index in [1.54, 1.807) is 0 Å². The molecule has 0 heterocycles. The van der Waals surface area contributed by atoms with E-state index in [4.69, 9.17) is 9.47 Å². The van der Waals surface area contributed by atoms with Crippen LogP contribution < -0.4 is 9.47 Å². The predicted octanol–water partition coefficient (Wildman–Crippen LogP) is 11.2. The van der Waals surface area contributed by atoms with Crippen LogP contribution in [0, 0.1) is 0 Å². The second-order valence-corrected chi connectivity index (χ2v) is 25.7. The molecule has 0 aliphatic heterocycles. The van der Waals surface area contributed by atoms with Crippen LogP contribution in [0.15, 0.2) is 68.1 Å². The van der Waals surface area contributed by atoms with Gasteiger partial charge >= 0.3 is 0 Å². The minimum atomic E-state index is -5.02. The number of aromatic hydroxyl groups is 2. The number of fused-ring (bicyclic) bond motifs is 8. The molecule has 4 aromatic carbocycles. The molecule has 0 unspecified atom stereocenters. The molecule has 0 atom stereocenters. The molecule has 1 aliphatic rings. The number of thiol groups is 2. The van der Waals surface area contributed by atoms with Crippen molar-refractivity contribution in [2.75, 3.05) is 24.7 Å². The highest BCUT2D eigenvalue weighted by atomic mass is 32.2. The molecule has 1 aliphatic carbocycles. The summed E-state index contributed by atoms with van der Waals surface area (Å²) < 4.78 is 158. The van der Waals surface area contributed by atoms with Crippen LogP contribution in [0.2, 0.25) is 0 Å². The van der Waals surface area contributed by atoms with E-state index in [1.807, 2.05) is 0 Å². The zero-order valence-electron chi connectivity index (χ0n) is 41.7. The van der Waals surface area contributed by atoms with Gasteiger partial charge in [-0.3, -0.25) is 18.2 Å². The van der Waals surface area contributed by atoms with Crippen molar-refractivity contribution in [1.29, 1.82) is 0 Å². The topological polar surface area (TPSA) is 276 Å². The first-order valence-corrected chi connectivity index (χ1v) is 32.4. The lowest BCUT2D eigenvalue weighted by Crippen LogP contribution is -2.11. The molecular weight excluding hydrogens is 1070 g/mol. The lowest BCUT2D eigenvalue weighted by molar-refractivity contribution is 0.298. The van der Waals surface area contributed by atoms with Crippen LogP contribution in [-0.2, 0) is 66.2 Å². The predicted molar refractivity (Wildman–Crippen MR) is 291 cm³/mol. The third-order valence-electron chi connectivity index (χ3n) is 13.2. The maximum Gasteiger partial charge on any atom is 0.294 e. The van der Waals surface area contributed by atoms with Gasteiger partial charge in [0, 0.05) is 70.2 Å².